The van der Waals surface area contributed by atoms with Crippen molar-refractivity contribution in [3.8, 4) is 11.4 Å². The summed E-state index contributed by atoms with van der Waals surface area (Å²) in [5.41, 5.74) is -2.58. The van der Waals surface area contributed by atoms with Crippen LogP contribution < -0.4 is 16.0 Å². The first kappa shape index (κ1) is 23.8. The summed E-state index contributed by atoms with van der Waals surface area (Å²) in [6.45, 7) is 1.66. The van der Waals surface area contributed by atoms with E-state index < -0.39 is 34.6 Å². The van der Waals surface area contributed by atoms with E-state index in [0.29, 0.717) is 12.3 Å². The third-order valence-corrected chi connectivity index (χ3v) is 5.02. The average Bonchev–Trinajstić information content (AvgIpc) is 2.81. The van der Waals surface area contributed by atoms with Gasteiger partial charge in [-0.25, -0.2) is 4.79 Å². The summed E-state index contributed by atoms with van der Waals surface area (Å²) < 4.78 is 45.3. The summed E-state index contributed by atoms with van der Waals surface area (Å²) >= 11 is 0. The summed E-state index contributed by atoms with van der Waals surface area (Å²) in [6.07, 6.45) is -4.52. The zero-order valence-corrected chi connectivity index (χ0v) is 18.1. The molecular weight excluding hydrogens is 441 g/mol. The number of halogens is 3. The number of carbonyl (C=O) groups is 1. The number of hydrogen-bond acceptors (Lipinski definition) is 5. The van der Waals surface area contributed by atoms with Crippen molar-refractivity contribution >= 4 is 5.91 Å². The van der Waals surface area contributed by atoms with Crippen molar-refractivity contribution in [2.75, 3.05) is 20.7 Å². The van der Waals surface area contributed by atoms with Crippen molar-refractivity contribution in [2.45, 2.75) is 19.6 Å². The molecule has 0 atom stereocenters. The Hall–Kier alpha value is -3.89. The first-order chi connectivity index (χ1) is 15.6. The van der Waals surface area contributed by atoms with Gasteiger partial charge in [0, 0.05) is 13.6 Å². The number of hydrogen-bond donors (Lipinski definition) is 0. The Morgan fingerprint density at radius 2 is 1.67 bits per heavy atom. The second-order valence-electron chi connectivity index (χ2n) is 7.15. The molecule has 0 aliphatic heterocycles. The van der Waals surface area contributed by atoms with Crippen LogP contribution in [0.2, 0.25) is 0 Å². The van der Waals surface area contributed by atoms with Crippen LogP contribution in [0.15, 0.2) is 58.1 Å². The average molecular weight is 462 g/mol. The molecule has 11 heteroatoms. The van der Waals surface area contributed by atoms with Crippen molar-refractivity contribution in [3.63, 3.8) is 0 Å². The van der Waals surface area contributed by atoms with Gasteiger partial charge in [-0.05, 0) is 48.9 Å². The van der Waals surface area contributed by atoms with E-state index in [9.17, 15) is 27.6 Å². The van der Waals surface area contributed by atoms with Crippen molar-refractivity contribution in [2.24, 2.45) is 0 Å². The highest BCUT2D eigenvalue weighted by Gasteiger charge is 2.30. The topological polar surface area (TPSA) is 86.4 Å². The smallest absolute Gasteiger partial charge is 0.416 e. The maximum absolute atomic E-state index is 13.1. The third kappa shape index (κ3) is 4.97. The molecule has 0 aliphatic carbocycles. The Morgan fingerprint density at radius 3 is 2.18 bits per heavy atom. The lowest BCUT2D eigenvalue weighted by Crippen LogP contribution is -2.46. The highest BCUT2D eigenvalue weighted by molar-refractivity contribution is 5.91. The van der Waals surface area contributed by atoms with E-state index in [1.165, 1.54) is 43.3 Å². The molecule has 3 rings (SSSR count). The van der Waals surface area contributed by atoms with Gasteiger partial charge in [-0.15, -0.1) is 0 Å². The molecule has 0 aliphatic rings. The molecule has 0 fully saturated rings. The van der Waals surface area contributed by atoms with Gasteiger partial charge in [-0.2, -0.15) is 23.0 Å². The van der Waals surface area contributed by atoms with E-state index in [-0.39, 0.29) is 17.8 Å². The predicted molar refractivity (Wildman–Crippen MR) is 114 cm³/mol. The van der Waals surface area contributed by atoms with Gasteiger partial charge < -0.3 is 9.64 Å². The van der Waals surface area contributed by atoms with Gasteiger partial charge in [-0.1, -0.05) is 12.1 Å². The summed E-state index contributed by atoms with van der Waals surface area (Å²) in [4.78, 5) is 40.1. The molecule has 2 aromatic carbocycles. The molecule has 8 nitrogen and oxygen atoms in total. The Kier molecular flexibility index (Phi) is 6.70. The van der Waals surface area contributed by atoms with E-state index in [2.05, 4.69) is 5.10 Å². The SMILES string of the molecule is CCN(C)C(=O)c1nn(-c2ccc(OC)cc2)c(=O)n(Cc2ccc(C(F)(F)F)cc2)c1=O. The lowest BCUT2D eigenvalue weighted by Gasteiger charge is -2.16. The number of nitrogens with zero attached hydrogens (tertiary/aromatic N) is 4. The summed E-state index contributed by atoms with van der Waals surface area (Å²) in [5, 5.41) is 4.01. The van der Waals surface area contributed by atoms with Crippen LogP contribution in [0.3, 0.4) is 0 Å². The van der Waals surface area contributed by atoms with Gasteiger partial charge >= 0.3 is 11.9 Å². The van der Waals surface area contributed by atoms with E-state index in [1.807, 2.05) is 0 Å². The van der Waals surface area contributed by atoms with Crippen LogP contribution >= 0.6 is 0 Å². The van der Waals surface area contributed by atoms with E-state index in [4.69, 9.17) is 4.74 Å². The molecule has 0 bridgehead atoms. The van der Waals surface area contributed by atoms with Gasteiger partial charge in [0.25, 0.3) is 11.5 Å². The van der Waals surface area contributed by atoms with Crippen LogP contribution in [0.5, 0.6) is 5.75 Å². The maximum Gasteiger partial charge on any atom is 0.416 e. The van der Waals surface area contributed by atoms with Crippen molar-refractivity contribution in [3.05, 3.63) is 86.2 Å². The first-order valence-corrected chi connectivity index (χ1v) is 9.87. The number of amides is 1. The van der Waals surface area contributed by atoms with E-state index in [0.717, 1.165) is 21.4 Å². The standard InChI is InChI=1S/C22H21F3N4O4/c1-4-27(2)19(30)18-20(31)28(13-14-5-7-15(8-6-14)22(23,24)25)21(32)29(26-18)16-9-11-17(33-3)12-10-16/h5-12H,4,13H2,1-3H3. The minimum Gasteiger partial charge on any atom is -0.497 e. The molecule has 0 saturated carbocycles. The largest absolute Gasteiger partial charge is 0.497 e. The van der Waals surface area contributed by atoms with Crippen LogP contribution in [0.4, 0.5) is 13.2 Å². The van der Waals surface area contributed by atoms with Gasteiger partial charge in [0.15, 0.2) is 0 Å². The Labute approximate surface area is 186 Å². The van der Waals surface area contributed by atoms with Crippen LogP contribution in [-0.2, 0) is 12.7 Å². The van der Waals surface area contributed by atoms with E-state index in [1.54, 1.807) is 19.1 Å². The Balaban J connectivity index is 2.16. The van der Waals surface area contributed by atoms with Crippen LogP contribution in [-0.4, -0.2) is 45.9 Å². The molecule has 0 unspecified atom stereocenters. The molecule has 0 radical (unpaired) electrons. The second-order valence-corrected chi connectivity index (χ2v) is 7.15. The number of benzene rings is 2. The minimum atomic E-state index is -4.52. The highest BCUT2D eigenvalue weighted by Crippen LogP contribution is 2.29. The van der Waals surface area contributed by atoms with Crippen LogP contribution in [0, 0.1) is 0 Å². The lowest BCUT2D eigenvalue weighted by atomic mass is 10.1. The molecule has 0 saturated heterocycles. The van der Waals surface area contributed by atoms with Gasteiger partial charge in [-0.3, -0.25) is 14.2 Å². The number of rotatable bonds is 6. The fraction of sp³-hybridized carbons (Fsp3) is 0.273. The van der Waals surface area contributed by atoms with E-state index >= 15 is 0 Å². The molecular formula is C22H21F3N4O4. The molecule has 0 N–H and O–H groups in total. The predicted octanol–water partition coefficient (Wildman–Crippen LogP) is 2.56. The molecule has 33 heavy (non-hydrogen) atoms. The highest BCUT2D eigenvalue weighted by atomic mass is 19.4. The van der Waals surface area contributed by atoms with Gasteiger partial charge in [0.1, 0.15) is 5.75 Å². The van der Waals surface area contributed by atoms with Crippen LogP contribution in [0.1, 0.15) is 28.5 Å². The summed E-state index contributed by atoms with van der Waals surface area (Å²) in [5.74, 6) is -0.169. The normalized spacial score (nSPS) is 11.3. The second kappa shape index (κ2) is 9.31. The first-order valence-electron chi connectivity index (χ1n) is 9.87. The Morgan fingerprint density at radius 1 is 1.06 bits per heavy atom. The summed E-state index contributed by atoms with van der Waals surface area (Å²) in [6, 6.07) is 10.3. The van der Waals surface area contributed by atoms with Gasteiger partial charge in [0.2, 0.25) is 5.69 Å². The van der Waals surface area contributed by atoms with Crippen molar-refractivity contribution < 1.29 is 22.7 Å². The number of methoxy groups -OCH3 is 1. The number of ether oxygens (including phenoxy) is 1. The minimum absolute atomic E-state index is 0.273. The molecule has 1 aromatic heterocycles. The number of alkyl halides is 3. The number of aromatic nitrogens is 3. The quantitative estimate of drug-likeness (QED) is 0.562. The fourth-order valence-corrected chi connectivity index (χ4v) is 2.99. The molecule has 1 heterocycles. The fourth-order valence-electron chi connectivity index (χ4n) is 2.99. The molecule has 0 spiro atoms. The number of carbonyl (C=O) groups excluding carboxylic acids is 1. The van der Waals surface area contributed by atoms with Crippen LogP contribution in [0.25, 0.3) is 5.69 Å². The zero-order chi connectivity index (χ0) is 24.3. The zero-order valence-electron chi connectivity index (χ0n) is 18.1. The third-order valence-electron chi connectivity index (χ3n) is 5.02. The molecule has 174 valence electrons. The molecule has 3 aromatic rings. The summed E-state index contributed by atoms with van der Waals surface area (Å²) in [7, 11) is 2.95. The van der Waals surface area contributed by atoms with Crippen molar-refractivity contribution in [1.82, 2.24) is 19.2 Å². The lowest BCUT2D eigenvalue weighted by molar-refractivity contribution is -0.137. The van der Waals surface area contributed by atoms with Gasteiger partial charge in [0.05, 0.1) is 24.9 Å². The molecule has 1 amide bonds. The Bertz CT molecular complexity index is 1260. The van der Waals surface area contributed by atoms with Crippen molar-refractivity contribution in [1.29, 1.82) is 0 Å². The maximum atomic E-state index is 13.1. The monoisotopic (exact) mass is 462 g/mol.